The molecule has 1 aliphatic heterocycles. The van der Waals surface area contributed by atoms with Crippen molar-refractivity contribution in [3.05, 3.63) is 54.1 Å². The van der Waals surface area contributed by atoms with Crippen LogP contribution in [0.15, 0.2) is 48.5 Å². The molecule has 2 amide bonds. The number of carbonyl (C=O) groups excluding carboxylic acids is 2. The van der Waals surface area contributed by atoms with Gasteiger partial charge in [-0.3, -0.25) is 9.59 Å². The van der Waals surface area contributed by atoms with Gasteiger partial charge in [0.05, 0.1) is 7.11 Å². The molecule has 2 aromatic rings. The van der Waals surface area contributed by atoms with Crippen LogP contribution in [0.25, 0.3) is 0 Å². The fourth-order valence-electron chi connectivity index (χ4n) is 2.62. The van der Waals surface area contributed by atoms with Gasteiger partial charge in [-0.1, -0.05) is 6.07 Å². The number of benzene rings is 2. The molecule has 0 saturated carbocycles. The third-order valence-corrected chi connectivity index (χ3v) is 3.96. The number of hydrogen-bond acceptors (Lipinski definition) is 4. The first-order valence-electron chi connectivity index (χ1n) is 8.13. The molecular formula is C19H20N2O4. The first kappa shape index (κ1) is 17.0. The van der Waals surface area contributed by atoms with Gasteiger partial charge in [0, 0.05) is 23.5 Å². The van der Waals surface area contributed by atoms with E-state index in [4.69, 9.17) is 9.47 Å². The van der Waals surface area contributed by atoms with Crippen molar-refractivity contribution in [1.29, 1.82) is 0 Å². The summed E-state index contributed by atoms with van der Waals surface area (Å²) >= 11 is 0. The third-order valence-electron chi connectivity index (χ3n) is 3.96. The van der Waals surface area contributed by atoms with Gasteiger partial charge in [-0.15, -0.1) is 0 Å². The Morgan fingerprint density at radius 2 is 1.88 bits per heavy atom. The Morgan fingerprint density at radius 3 is 2.56 bits per heavy atom. The lowest BCUT2D eigenvalue weighted by Gasteiger charge is -2.11. The van der Waals surface area contributed by atoms with Crippen LogP contribution in [-0.4, -0.2) is 31.6 Å². The molecule has 1 fully saturated rings. The molecule has 6 heteroatoms. The second-order valence-corrected chi connectivity index (χ2v) is 5.75. The quantitative estimate of drug-likeness (QED) is 0.877. The summed E-state index contributed by atoms with van der Waals surface area (Å²) in [4.78, 5) is 24.5. The molecule has 1 aliphatic rings. The highest BCUT2D eigenvalue weighted by molar-refractivity contribution is 6.05. The van der Waals surface area contributed by atoms with Gasteiger partial charge in [-0.25, -0.2) is 0 Å². The Balaban J connectivity index is 1.65. The van der Waals surface area contributed by atoms with Crippen molar-refractivity contribution >= 4 is 23.2 Å². The van der Waals surface area contributed by atoms with Gasteiger partial charge in [0.1, 0.15) is 11.9 Å². The highest BCUT2D eigenvalue weighted by Crippen LogP contribution is 2.18. The summed E-state index contributed by atoms with van der Waals surface area (Å²) in [5.74, 6) is 0.292. The number of hydrogen-bond donors (Lipinski definition) is 2. The number of anilines is 2. The van der Waals surface area contributed by atoms with Crippen LogP contribution in [0.2, 0.25) is 0 Å². The standard InChI is InChI=1S/C19H20N2O4/c1-24-16-9-7-14(8-10-16)20-18(22)13-4-2-5-15(12-13)21-19(23)17-6-3-11-25-17/h2,4-5,7-10,12,17H,3,6,11H2,1H3,(H,20,22)(H,21,23). The number of ether oxygens (including phenoxy) is 2. The topological polar surface area (TPSA) is 76.7 Å². The summed E-state index contributed by atoms with van der Waals surface area (Å²) in [6, 6.07) is 13.9. The smallest absolute Gasteiger partial charge is 0.255 e. The molecule has 2 aromatic carbocycles. The third kappa shape index (κ3) is 4.36. The first-order valence-corrected chi connectivity index (χ1v) is 8.13. The molecule has 0 aromatic heterocycles. The van der Waals surface area contributed by atoms with Crippen molar-refractivity contribution in [2.75, 3.05) is 24.4 Å². The van der Waals surface area contributed by atoms with E-state index in [1.165, 1.54) is 0 Å². The van der Waals surface area contributed by atoms with Crippen LogP contribution in [-0.2, 0) is 9.53 Å². The Hall–Kier alpha value is -2.86. The van der Waals surface area contributed by atoms with Crippen LogP contribution >= 0.6 is 0 Å². The molecule has 0 spiro atoms. The maximum absolute atomic E-state index is 12.4. The van der Waals surface area contributed by atoms with E-state index in [0.29, 0.717) is 23.5 Å². The minimum Gasteiger partial charge on any atom is -0.497 e. The molecule has 0 radical (unpaired) electrons. The van der Waals surface area contributed by atoms with Crippen molar-refractivity contribution in [1.82, 2.24) is 0 Å². The van der Waals surface area contributed by atoms with Gasteiger partial charge in [0.15, 0.2) is 0 Å². The van der Waals surface area contributed by atoms with Crippen LogP contribution in [0.4, 0.5) is 11.4 Å². The molecule has 0 aliphatic carbocycles. The van der Waals surface area contributed by atoms with Crippen LogP contribution in [0.1, 0.15) is 23.2 Å². The zero-order chi connectivity index (χ0) is 17.6. The normalized spacial score (nSPS) is 16.3. The predicted octanol–water partition coefficient (Wildman–Crippen LogP) is 3.07. The molecule has 1 heterocycles. The maximum atomic E-state index is 12.4. The van der Waals surface area contributed by atoms with Gasteiger partial charge in [0.2, 0.25) is 0 Å². The van der Waals surface area contributed by atoms with E-state index in [1.54, 1.807) is 55.6 Å². The summed E-state index contributed by atoms with van der Waals surface area (Å²) in [5.41, 5.74) is 1.70. The Bertz CT molecular complexity index is 752. The van der Waals surface area contributed by atoms with E-state index < -0.39 is 6.10 Å². The fraction of sp³-hybridized carbons (Fsp3) is 0.263. The zero-order valence-corrected chi connectivity index (χ0v) is 14.0. The van der Waals surface area contributed by atoms with E-state index in [0.717, 1.165) is 18.6 Å². The van der Waals surface area contributed by atoms with Gasteiger partial charge in [-0.2, -0.15) is 0 Å². The molecule has 130 valence electrons. The van der Waals surface area contributed by atoms with Crippen molar-refractivity contribution in [3.63, 3.8) is 0 Å². The highest BCUT2D eigenvalue weighted by atomic mass is 16.5. The molecule has 25 heavy (non-hydrogen) atoms. The summed E-state index contributed by atoms with van der Waals surface area (Å²) in [6.07, 6.45) is 1.21. The van der Waals surface area contributed by atoms with Crippen LogP contribution in [0, 0.1) is 0 Å². The fourth-order valence-corrected chi connectivity index (χ4v) is 2.62. The summed E-state index contributed by atoms with van der Waals surface area (Å²) in [5, 5.41) is 5.61. The van der Waals surface area contributed by atoms with E-state index in [2.05, 4.69) is 10.6 Å². The molecule has 2 N–H and O–H groups in total. The SMILES string of the molecule is COc1ccc(NC(=O)c2cccc(NC(=O)C3CCCO3)c2)cc1. The molecule has 1 atom stereocenters. The summed E-state index contributed by atoms with van der Waals surface area (Å²) < 4.78 is 10.5. The van der Waals surface area contributed by atoms with Crippen LogP contribution in [0.3, 0.4) is 0 Å². The van der Waals surface area contributed by atoms with Gasteiger partial charge in [0.25, 0.3) is 11.8 Å². The Morgan fingerprint density at radius 1 is 1.08 bits per heavy atom. The Labute approximate surface area is 146 Å². The first-order chi connectivity index (χ1) is 12.2. The minimum atomic E-state index is -0.406. The highest BCUT2D eigenvalue weighted by Gasteiger charge is 2.23. The van der Waals surface area contributed by atoms with Gasteiger partial charge >= 0.3 is 0 Å². The largest absolute Gasteiger partial charge is 0.497 e. The number of carbonyl (C=O) groups is 2. The lowest BCUT2D eigenvalue weighted by molar-refractivity contribution is -0.124. The minimum absolute atomic E-state index is 0.176. The van der Waals surface area contributed by atoms with Crippen molar-refractivity contribution < 1.29 is 19.1 Å². The van der Waals surface area contributed by atoms with Crippen molar-refractivity contribution in [3.8, 4) is 5.75 Å². The lowest BCUT2D eigenvalue weighted by Crippen LogP contribution is -2.27. The van der Waals surface area contributed by atoms with E-state index in [-0.39, 0.29) is 11.8 Å². The molecular weight excluding hydrogens is 320 g/mol. The van der Waals surface area contributed by atoms with E-state index in [9.17, 15) is 9.59 Å². The van der Waals surface area contributed by atoms with E-state index in [1.807, 2.05) is 0 Å². The average molecular weight is 340 g/mol. The number of methoxy groups -OCH3 is 1. The number of nitrogens with one attached hydrogen (secondary N) is 2. The second-order valence-electron chi connectivity index (χ2n) is 5.75. The number of amides is 2. The number of rotatable bonds is 5. The van der Waals surface area contributed by atoms with E-state index >= 15 is 0 Å². The average Bonchev–Trinajstić information content (AvgIpc) is 3.17. The molecule has 0 bridgehead atoms. The van der Waals surface area contributed by atoms with Gasteiger partial charge in [-0.05, 0) is 55.3 Å². The predicted molar refractivity (Wildman–Crippen MR) is 95.0 cm³/mol. The van der Waals surface area contributed by atoms with Crippen molar-refractivity contribution in [2.45, 2.75) is 18.9 Å². The molecule has 3 rings (SSSR count). The Kier molecular flexibility index (Phi) is 5.30. The second kappa shape index (κ2) is 7.81. The zero-order valence-electron chi connectivity index (χ0n) is 14.0. The molecule has 1 unspecified atom stereocenters. The molecule has 1 saturated heterocycles. The maximum Gasteiger partial charge on any atom is 0.255 e. The van der Waals surface area contributed by atoms with Gasteiger partial charge < -0.3 is 20.1 Å². The van der Waals surface area contributed by atoms with Crippen LogP contribution < -0.4 is 15.4 Å². The molecule has 6 nitrogen and oxygen atoms in total. The summed E-state index contributed by atoms with van der Waals surface area (Å²) in [6.45, 7) is 0.613. The summed E-state index contributed by atoms with van der Waals surface area (Å²) in [7, 11) is 1.59. The van der Waals surface area contributed by atoms with Crippen molar-refractivity contribution in [2.24, 2.45) is 0 Å². The van der Waals surface area contributed by atoms with Crippen LogP contribution in [0.5, 0.6) is 5.75 Å². The lowest BCUT2D eigenvalue weighted by atomic mass is 10.1. The monoisotopic (exact) mass is 340 g/mol.